The summed E-state index contributed by atoms with van der Waals surface area (Å²) >= 11 is 1.89. The van der Waals surface area contributed by atoms with Crippen molar-refractivity contribution in [2.75, 3.05) is 0 Å². The van der Waals surface area contributed by atoms with Crippen LogP contribution in [-0.4, -0.2) is 16.1 Å². The van der Waals surface area contributed by atoms with E-state index < -0.39 is 0 Å². The molecule has 1 heterocycles. The van der Waals surface area contributed by atoms with Crippen LogP contribution in [0.15, 0.2) is 84.9 Å². The molecule has 0 saturated heterocycles. The van der Waals surface area contributed by atoms with Gasteiger partial charge in [-0.1, -0.05) is 99.6 Å². The van der Waals surface area contributed by atoms with E-state index in [2.05, 4.69) is 56.4 Å². The third-order valence-electron chi connectivity index (χ3n) is 6.00. The first-order valence-electron chi connectivity index (χ1n) is 12.0. The molecule has 3 aromatic carbocycles. The second-order valence-corrected chi connectivity index (χ2v) is 10.3. The first-order valence-corrected chi connectivity index (χ1v) is 13.0. The third-order valence-corrected chi connectivity index (χ3v) is 7.12. The number of nitrogens with zero attached hydrogens (tertiary/aromatic N) is 1. The van der Waals surface area contributed by atoms with E-state index in [-0.39, 0.29) is 11.9 Å². The molecule has 1 atom stereocenters. The minimum absolute atomic E-state index is 0.00360. The molecule has 0 radical (unpaired) electrons. The molecule has 1 N–H and O–H groups in total. The van der Waals surface area contributed by atoms with Gasteiger partial charge in [0.05, 0.1) is 23.7 Å². The number of carbonyl (C=O) groups excluding carboxylic acids is 1. The van der Waals surface area contributed by atoms with Gasteiger partial charge in [-0.25, -0.2) is 4.98 Å². The third kappa shape index (κ3) is 5.68. The van der Waals surface area contributed by atoms with Crippen LogP contribution in [0.2, 0.25) is 0 Å². The predicted octanol–water partition coefficient (Wildman–Crippen LogP) is 7.35. The van der Waals surface area contributed by atoms with E-state index in [0.717, 1.165) is 51.0 Å². The molecule has 0 spiro atoms. The van der Waals surface area contributed by atoms with Gasteiger partial charge in [0.25, 0.3) is 0 Å². The number of carbonyl (C=O) groups is 1. The predicted molar refractivity (Wildman–Crippen MR) is 145 cm³/mol. The van der Waals surface area contributed by atoms with Gasteiger partial charge < -0.3 is 5.32 Å². The van der Waals surface area contributed by atoms with Crippen LogP contribution >= 0.6 is 11.8 Å². The Bertz CT molecular complexity index is 1240. The van der Waals surface area contributed by atoms with Crippen molar-refractivity contribution >= 4 is 28.6 Å². The summed E-state index contributed by atoms with van der Waals surface area (Å²) in [6.07, 6.45) is 1.18. The molecular formula is C30H32N2OS. The lowest BCUT2D eigenvalue weighted by molar-refractivity contribution is -0.121. The van der Waals surface area contributed by atoms with Crippen molar-refractivity contribution in [1.82, 2.24) is 10.3 Å². The quantitative estimate of drug-likeness (QED) is 0.279. The SMILES string of the molecule is CC[C@H](NC(=O)Cc1c(CSC(C)C)c(-c2ccccc2)nc2ccccc12)c1ccccc1. The summed E-state index contributed by atoms with van der Waals surface area (Å²) in [6, 6.07) is 28.7. The lowest BCUT2D eigenvalue weighted by atomic mass is 9.95. The smallest absolute Gasteiger partial charge is 0.224 e. The molecule has 1 aromatic heterocycles. The van der Waals surface area contributed by atoms with Crippen molar-refractivity contribution in [3.63, 3.8) is 0 Å². The van der Waals surface area contributed by atoms with Crippen LogP contribution in [-0.2, 0) is 17.0 Å². The molecule has 174 valence electrons. The maximum Gasteiger partial charge on any atom is 0.224 e. The molecule has 4 aromatic rings. The van der Waals surface area contributed by atoms with Crippen LogP contribution in [0.1, 0.15) is 49.9 Å². The molecule has 0 fully saturated rings. The zero-order valence-corrected chi connectivity index (χ0v) is 20.9. The minimum Gasteiger partial charge on any atom is -0.349 e. The van der Waals surface area contributed by atoms with Crippen molar-refractivity contribution < 1.29 is 4.79 Å². The Morgan fingerprint density at radius 2 is 1.53 bits per heavy atom. The topological polar surface area (TPSA) is 42.0 Å². The van der Waals surface area contributed by atoms with Crippen molar-refractivity contribution in [3.05, 3.63) is 102 Å². The fraction of sp³-hybridized carbons (Fsp3) is 0.267. The van der Waals surface area contributed by atoms with Crippen LogP contribution in [0, 0.1) is 0 Å². The molecule has 4 rings (SSSR count). The molecular weight excluding hydrogens is 436 g/mol. The molecule has 0 aliphatic rings. The van der Waals surface area contributed by atoms with Gasteiger partial charge in [-0.2, -0.15) is 11.8 Å². The van der Waals surface area contributed by atoms with Crippen molar-refractivity contribution in [2.24, 2.45) is 0 Å². The molecule has 0 unspecified atom stereocenters. The Hall–Kier alpha value is -3.11. The summed E-state index contributed by atoms with van der Waals surface area (Å²) in [7, 11) is 0. The highest BCUT2D eigenvalue weighted by Gasteiger charge is 2.20. The largest absolute Gasteiger partial charge is 0.349 e. The van der Waals surface area contributed by atoms with E-state index in [0.29, 0.717) is 11.7 Å². The molecule has 0 saturated carbocycles. The standard InChI is InChI=1S/C30H32N2OS/c1-4-27(22-13-7-5-8-14-22)31-29(33)19-25-24-17-11-12-18-28(24)32-30(23-15-9-6-10-16-23)26(25)20-34-21(2)3/h5-18,21,27H,4,19-20H2,1-3H3,(H,31,33)/t27-/m0/s1. The van der Waals surface area contributed by atoms with Crippen LogP contribution in [0.5, 0.6) is 0 Å². The number of para-hydroxylation sites is 1. The van der Waals surface area contributed by atoms with E-state index in [1.807, 2.05) is 66.4 Å². The van der Waals surface area contributed by atoms with Gasteiger partial charge in [-0.15, -0.1) is 0 Å². The average molecular weight is 469 g/mol. The number of hydrogen-bond donors (Lipinski definition) is 1. The minimum atomic E-state index is 0.00360. The van der Waals surface area contributed by atoms with Gasteiger partial charge in [-0.3, -0.25) is 4.79 Å². The summed E-state index contributed by atoms with van der Waals surface area (Å²) < 4.78 is 0. The molecule has 4 heteroatoms. The Morgan fingerprint density at radius 1 is 0.882 bits per heavy atom. The second-order valence-electron chi connectivity index (χ2n) is 8.78. The lowest BCUT2D eigenvalue weighted by Crippen LogP contribution is -2.30. The number of pyridine rings is 1. The summed E-state index contributed by atoms with van der Waals surface area (Å²) in [6.45, 7) is 6.52. The lowest BCUT2D eigenvalue weighted by Gasteiger charge is -2.21. The number of fused-ring (bicyclic) bond motifs is 1. The number of hydrogen-bond acceptors (Lipinski definition) is 3. The summed E-state index contributed by atoms with van der Waals surface area (Å²) in [5, 5.41) is 4.83. The number of aromatic nitrogens is 1. The fourth-order valence-electron chi connectivity index (χ4n) is 4.27. The summed E-state index contributed by atoms with van der Waals surface area (Å²) in [5.74, 6) is 0.861. The Labute approximate surface area is 207 Å². The molecule has 1 amide bonds. The van der Waals surface area contributed by atoms with Crippen molar-refractivity contribution in [3.8, 4) is 11.3 Å². The van der Waals surface area contributed by atoms with E-state index in [9.17, 15) is 4.79 Å². The van der Waals surface area contributed by atoms with Gasteiger partial charge in [0.15, 0.2) is 0 Å². The Morgan fingerprint density at radius 3 is 2.21 bits per heavy atom. The van der Waals surface area contributed by atoms with Gasteiger partial charge in [0, 0.05) is 16.7 Å². The van der Waals surface area contributed by atoms with Gasteiger partial charge in [0.1, 0.15) is 0 Å². The van der Waals surface area contributed by atoms with Crippen LogP contribution in [0.3, 0.4) is 0 Å². The normalized spacial score (nSPS) is 12.1. The Kier molecular flexibility index (Phi) is 8.02. The maximum atomic E-state index is 13.4. The molecule has 0 aliphatic heterocycles. The zero-order valence-electron chi connectivity index (χ0n) is 20.1. The monoisotopic (exact) mass is 468 g/mol. The average Bonchev–Trinajstić information content (AvgIpc) is 2.87. The van der Waals surface area contributed by atoms with Gasteiger partial charge in [-0.05, 0) is 34.4 Å². The molecule has 34 heavy (non-hydrogen) atoms. The van der Waals surface area contributed by atoms with Crippen molar-refractivity contribution in [2.45, 2.75) is 50.7 Å². The number of nitrogens with one attached hydrogen (secondary N) is 1. The highest BCUT2D eigenvalue weighted by atomic mass is 32.2. The highest BCUT2D eigenvalue weighted by molar-refractivity contribution is 7.99. The van der Waals surface area contributed by atoms with Gasteiger partial charge in [0.2, 0.25) is 5.91 Å². The molecule has 3 nitrogen and oxygen atoms in total. The first kappa shape index (κ1) is 24.0. The molecule has 0 bridgehead atoms. The molecule has 0 aliphatic carbocycles. The van der Waals surface area contributed by atoms with Gasteiger partial charge >= 0.3 is 0 Å². The van der Waals surface area contributed by atoms with Crippen molar-refractivity contribution in [1.29, 1.82) is 0 Å². The fourth-order valence-corrected chi connectivity index (χ4v) is 5.09. The summed E-state index contributed by atoms with van der Waals surface area (Å²) in [4.78, 5) is 18.5. The summed E-state index contributed by atoms with van der Waals surface area (Å²) in [5.41, 5.74) is 6.37. The van der Waals surface area contributed by atoms with Crippen LogP contribution in [0.4, 0.5) is 0 Å². The van der Waals surface area contributed by atoms with E-state index in [1.165, 1.54) is 0 Å². The number of amides is 1. The van der Waals surface area contributed by atoms with E-state index >= 15 is 0 Å². The maximum absolute atomic E-state index is 13.4. The second kappa shape index (κ2) is 11.3. The van der Waals surface area contributed by atoms with E-state index in [1.54, 1.807) is 0 Å². The number of benzene rings is 3. The first-order chi connectivity index (χ1) is 16.6. The number of rotatable bonds is 9. The number of thioether (sulfide) groups is 1. The zero-order chi connectivity index (χ0) is 23.9. The highest BCUT2D eigenvalue weighted by Crippen LogP contribution is 2.34. The van der Waals surface area contributed by atoms with E-state index in [4.69, 9.17) is 4.98 Å². The van der Waals surface area contributed by atoms with Crippen LogP contribution in [0.25, 0.3) is 22.2 Å². The van der Waals surface area contributed by atoms with Crippen LogP contribution < -0.4 is 5.32 Å². The Balaban J connectivity index is 1.76.